The standard InChI is InChI=1S/C15H13F2NO3/c1-7-9(6-12(19)20)15(21)13-10(16)4-5-11(17)14(13)18(7)8-2-3-8/h4-5,8H,2-3,6H2,1H3,(H,19,20). The second kappa shape index (κ2) is 4.65. The molecule has 2 aromatic rings. The van der Waals surface area contributed by atoms with Crippen LogP contribution in [0.2, 0.25) is 0 Å². The molecule has 1 heterocycles. The van der Waals surface area contributed by atoms with Crippen LogP contribution in [0.1, 0.15) is 30.1 Å². The number of hydrogen-bond donors (Lipinski definition) is 1. The Morgan fingerprint density at radius 2 is 1.95 bits per heavy atom. The van der Waals surface area contributed by atoms with Gasteiger partial charge < -0.3 is 9.67 Å². The summed E-state index contributed by atoms with van der Waals surface area (Å²) in [5.74, 6) is -2.66. The third-order valence-electron chi connectivity index (χ3n) is 3.86. The minimum absolute atomic E-state index is 0.00283. The van der Waals surface area contributed by atoms with E-state index in [9.17, 15) is 18.4 Å². The third kappa shape index (κ3) is 2.11. The van der Waals surface area contributed by atoms with Gasteiger partial charge in [-0.15, -0.1) is 0 Å². The summed E-state index contributed by atoms with van der Waals surface area (Å²) in [7, 11) is 0. The highest BCUT2D eigenvalue weighted by atomic mass is 19.1. The molecule has 0 bridgehead atoms. The number of halogens is 2. The van der Waals surface area contributed by atoms with Gasteiger partial charge in [-0.1, -0.05) is 0 Å². The number of carboxylic acids is 1. The number of fused-ring (bicyclic) bond motifs is 1. The van der Waals surface area contributed by atoms with Crippen molar-refractivity contribution < 1.29 is 18.7 Å². The summed E-state index contributed by atoms with van der Waals surface area (Å²) in [6.07, 6.45) is 1.12. The molecule has 3 rings (SSSR count). The monoisotopic (exact) mass is 293 g/mol. The number of carboxylic acid groups (broad SMARTS) is 1. The molecule has 1 saturated carbocycles. The first kappa shape index (κ1) is 13.7. The SMILES string of the molecule is Cc1c(CC(=O)O)c(=O)c2c(F)ccc(F)c2n1C1CC1. The van der Waals surface area contributed by atoms with E-state index >= 15 is 0 Å². The lowest BCUT2D eigenvalue weighted by Crippen LogP contribution is -2.22. The van der Waals surface area contributed by atoms with Gasteiger partial charge in [-0.25, -0.2) is 8.78 Å². The number of pyridine rings is 1. The van der Waals surface area contributed by atoms with Gasteiger partial charge in [-0.05, 0) is 31.9 Å². The van der Waals surface area contributed by atoms with Crippen molar-refractivity contribution >= 4 is 16.9 Å². The number of rotatable bonds is 3. The van der Waals surface area contributed by atoms with Gasteiger partial charge in [0.15, 0.2) is 5.43 Å². The lowest BCUT2D eigenvalue weighted by molar-refractivity contribution is -0.136. The Bertz CT molecular complexity index is 822. The predicted molar refractivity (Wildman–Crippen MR) is 72.5 cm³/mol. The van der Waals surface area contributed by atoms with E-state index < -0.39 is 29.5 Å². The number of carbonyl (C=O) groups is 1. The zero-order chi connectivity index (χ0) is 15.3. The van der Waals surface area contributed by atoms with Crippen molar-refractivity contribution in [2.45, 2.75) is 32.2 Å². The van der Waals surface area contributed by atoms with E-state index in [1.54, 1.807) is 11.5 Å². The van der Waals surface area contributed by atoms with Gasteiger partial charge in [0.1, 0.15) is 11.6 Å². The van der Waals surface area contributed by atoms with Gasteiger partial charge in [0, 0.05) is 17.3 Å². The Morgan fingerprint density at radius 3 is 2.52 bits per heavy atom. The molecule has 0 unspecified atom stereocenters. The molecule has 110 valence electrons. The van der Waals surface area contributed by atoms with Gasteiger partial charge in [0.2, 0.25) is 0 Å². The lowest BCUT2D eigenvalue weighted by atomic mass is 10.0. The molecule has 1 fully saturated rings. The molecular formula is C15H13F2NO3. The maximum Gasteiger partial charge on any atom is 0.308 e. The fourth-order valence-corrected chi connectivity index (χ4v) is 2.77. The van der Waals surface area contributed by atoms with Crippen LogP contribution in [-0.4, -0.2) is 15.6 Å². The molecule has 0 radical (unpaired) electrons. The van der Waals surface area contributed by atoms with Crippen molar-refractivity contribution in [1.82, 2.24) is 4.57 Å². The Balaban J connectivity index is 2.48. The van der Waals surface area contributed by atoms with Crippen LogP contribution in [0.4, 0.5) is 8.78 Å². The average Bonchev–Trinajstić information content (AvgIpc) is 3.23. The number of aromatic nitrogens is 1. The highest BCUT2D eigenvalue weighted by Gasteiger charge is 2.30. The highest BCUT2D eigenvalue weighted by molar-refractivity contribution is 5.83. The summed E-state index contributed by atoms with van der Waals surface area (Å²) in [5.41, 5.74) is -0.374. The molecule has 4 nitrogen and oxygen atoms in total. The van der Waals surface area contributed by atoms with Crippen molar-refractivity contribution in [2.24, 2.45) is 0 Å². The predicted octanol–water partition coefficient (Wildman–Crippen LogP) is 2.55. The van der Waals surface area contributed by atoms with Gasteiger partial charge >= 0.3 is 5.97 Å². The van der Waals surface area contributed by atoms with Crippen LogP contribution in [0, 0.1) is 18.6 Å². The molecule has 1 aromatic heterocycles. The van der Waals surface area contributed by atoms with Crippen LogP contribution < -0.4 is 5.43 Å². The first-order valence-electron chi connectivity index (χ1n) is 6.65. The second-order valence-electron chi connectivity index (χ2n) is 5.32. The Morgan fingerprint density at radius 1 is 1.33 bits per heavy atom. The van der Waals surface area contributed by atoms with Crippen LogP contribution in [-0.2, 0) is 11.2 Å². The van der Waals surface area contributed by atoms with Crippen molar-refractivity contribution in [1.29, 1.82) is 0 Å². The molecule has 6 heteroatoms. The van der Waals surface area contributed by atoms with Crippen LogP contribution in [0.3, 0.4) is 0 Å². The van der Waals surface area contributed by atoms with Crippen LogP contribution in [0.5, 0.6) is 0 Å². The van der Waals surface area contributed by atoms with Gasteiger partial charge in [0.25, 0.3) is 0 Å². The smallest absolute Gasteiger partial charge is 0.308 e. The molecule has 0 atom stereocenters. The maximum atomic E-state index is 14.1. The molecule has 1 N–H and O–H groups in total. The third-order valence-corrected chi connectivity index (χ3v) is 3.86. The first-order chi connectivity index (χ1) is 9.91. The van der Waals surface area contributed by atoms with E-state index in [1.807, 2.05) is 0 Å². The van der Waals surface area contributed by atoms with E-state index in [2.05, 4.69) is 0 Å². The van der Waals surface area contributed by atoms with E-state index in [4.69, 9.17) is 5.11 Å². The van der Waals surface area contributed by atoms with Crippen molar-refractivity contribution in [3.8, 4) is 0 Å². The molecule has 21 heavy (non-hydrogen) atoms. The summed E-state index contributed by atoms with van der Waals surface area (Å²) in [5, 5.41) is 8.58. The quantitative estimate of drug-likeness (QED) is 0.946. The van der Waals surface area contributed by atoms with Gasteiger partial charge in [0.05, 0.1) is 17.3 Å². The van der Waals surface area contributed by atoms with Crippen LogP contribution in [0.15, 0.2) is 16.9 Å². The number of aliphatic carboxylic acids is 1. The fourth-order valence-electron chi connectivity index (χ4n) is 2.77. The average molecular weight is 293 g/mol. The van der Waals surface area contributed by atoms with Crippen molar-refractivity contribution in [3.05, 3.63) is 45.2 Å². The van der Waals surface area contributed by atoms with Gasteiger partial charge in [-0.2, -0.15) is 0 Å². The minimum Gasteiger partial charge on any atom is -0.481 e. The molecular weight excluding hydrogens is 280 g/mol. The van der Waals surface area contributed by atoms with E-state index in [0.29, 0.717) is 5.69 Å². The van der Waals surface area contributed by atoms with Crippen molar-refractivity contribution in [2.75, 3.05) is 0 Å². The Kier molecular flexibility index (Phi) is 3.04. The zero-order valence-corrected chi connectivity index (χ0v) is 11.3. The lowest BCUT2D eigenvalue weighted by Gasteiger charge is -2.18. The van der Waals surface area contributed by atoms with E-state index in [0.717, 1.165) is 25.0 Å². The minimum atomic E-state index is -1.17. The number of nitrogens with zero attached hydrogens (tertiary/aromatic N) is 1. The van der Waals surface area contributed by atoms with E-state index in [-0.39, 0.29) is 22.5 Å². The Labute approximate surface area is 118 Å². The fraction of sp³-hybridized carbons (Fsp3) is 0.333. The second-order valence-corrected chi connectivity index (χ2v) is 5.32. The summed E-state index contributed by atoms with van der Waals surface area (Å²) in [6.45, 7) is 1.59. The highest BCUT2D eigenvalue weighted by Crippen LogP contribution is 2.39. The van der Waals surface area contributed by atoms with Crippen molar-refractivity contribution in [3.63, 3.8) is 0 Å². The summed E-state index contributed by atoms with van der Waals surface area (Å²) in [6, 6.07) is 1.89. The molecule has 0 aliphatic heterocycles. The van der Waals surface area contributed by atoms with E-state index in [1.165, 1.54) is 0 Å². The summed E-state index contributed by atoms with van der Waals surface area (Å²) in [4.78, 5) is 23.3. The molecule has 1 aliphatic carbocycles. The largest absolute Gasteiger partial charge is 0.481 e. The number of hydrogen-bond acceptors (Lipinski definition) is 2. The van der Waals surface area contributed by atoms with Crippen LogP contribution in [0.25, 0.3) is 10.9 Å². The molecule has 0 spiro atoms. The zero-order valence-electron chi connectivity index (χ0n) is 11.3. The topological polar surface area (TPSA) is 59.3 Å². The molecule has 1 aromatic carbocycles. The summed E-state index contributed by atoms with van der Waals surface area (Å²) < 4.78 is 29.7. The number of benzene rings is 1. The molecule has 0 amide bonds. The first-order valence-corrected chi connectivity index (χ1v) is 6.65. The Hall–Kier alpha value is -2.24. The van der Waals surface area contributed by atoms with Gasteiger partial charge in [-0.3, -0.25) is 9.59 Å². The maximum absolute atomic E-state index is 14.1. The molecule has 1 aliphatic rings. The summed E-state index contributed by atoms with van der Waals surface area (Å²) >= 11 is 0. The normalized spacial score (nSPS) is 14.6. The van der Waals surface area contributed by atoms with Crippen LogP contribution >= 0.6 is 0 Å². The molecule has 0 saturated heterocycles.